The molecule has 3 rings (SSSR count). The zero-order valence-electron chi connectivity index (χ0n) is 14.8. The van der Waals surface area contributed by atoms with Gasteiger partial charge in [0, 0.05) is 5.25 Å². The summed E-state index contributed by atoms with van der Waals surface area (Å²) in [6.45, 7) is 0. The number of rotatable bonds is 8. The van der Waals surface area contributed by atoms with Crippen molar-refractivity contribution in [2.24, 2.45) is 10.9 Å². The molecule has 1 aliphatic carbocycles. The smallest absolute Gasteiger partial charge is 0.339 e. The number of ether oxygens (including phenoxy) is 1. The first-order valence-corrected chi connectivity index (χ1v) is 9.53. The Balaban J connectivity index is 1.88. The average Bonchev–Trinajstić information content (AvgIpc) is 3.48. The fourth-order valence-electron chi connectivity index (χ4n) is 2.89. The number of aliphatic carboxylic acids is 1. The standard InChI is InChI=1S/C21H20FNO3S/c1-26-12-19(21(24)25)17-7-2-3-8-18(17)20(14-9-10-14)27-13-23-16-6-4-5-15(22)11-16/h2-8,11-14,20H,9-10H2,1H3,(H,24,25). The van der Waals surface area contributed by atoms with E-state index in [4.69, 9.17) is 4.74 Å². The summed E-state index contributed by atoms with van der Waals surface area (Å²) in [5, 5.41) is 9.63. The number of methoxy groups -OCH3 is 1. The topological polar surface area (TPSA) is 58.9 Å². The van der Waals surface area contributed by atoms with Crippen molar-refractivity contribution >= 4 is 34.5 Å². The van der Waals surface area contributed by atoms with E-state index in [2.05, 4.69) is 4.99 Å². The maximum atomic E-state index is 13.3. The van der Waals surface area contributed by atoms with Crippen molar-refractivity contribution in [1.82, 2.24) is 0 Å². The van der Waals surface area contributed by atoms with E-state index < -0.39 is 5.97 Å². The molecular weight excluding hydrogens is 365 g/mol. The SMILES string of the molecule is COC=C(C(=O)O)c1ccccc1C(SC=Nc1cccc(F)c1)C1CC1. The summed E-state index contributed by atoms with van der Waals surface area (Å²) < 4.78 is 18.3. The Labute approximate surface area is 161 Å². The maximum Gasteiger partial charge on any atom is 0.339 e. The van der Waals surface area contributed by atoms with E-state index in [0.29, 0.717) is 17.2 Å². The number of thioether (sulfide) groups is 1. The van der Waals surface area contributed by atoms with E-state index in [-0.39, 0.29) is 16.6 Å². The fourth-order valence-corrected chi connectivity index (χ4v) is 4.05. The second kappa shape index (κ2) is 8.86. The lowest BCUT2D eigenvalue weighted by molar-refractivity contribution is -0.130. The predicted molar refractivity (Wildman–Crippen MR) is 107 cm³/mol. The molecule has 0 heterocycles. The Kier molecular flexibility index (Phi) is 6.29. The van der Waals surface area contributed by atoms with Crippen molar-refractivity contribution < 1.29 is 19.0 Å². The number of carboxylic acid groups (broad SMARTS) is 1. The monoisotopic (exact) mass is 385 g/mol. The van der Waals surface area contributed by atoms with Crippen LogP contribution in [0.15, 0.2) is 59.8 Å². The zero-order valence-corrected chi connectivity index (χ0v) is 15.7. The van der Waals surface area contributed by atoms with Crippen LogP contribution in [0.2, 0.25) is 0 Å². The highest BCUT2D eigenvalue weighted by molar-refractivity contribution is 8.12. The van der Waals surface area contributed by atoms with Crippen LogP contribution >= 0.6 is 11.8 Å². The van der Waals surface area contributed by atoms with Crippen LogP contribution in [0.25, 0.3) is 5.57 Å². The number of carboxylic acids is 1. The van der Waals surface area contributed by atoms with Crippen LogP contribution in [0, 0.1) is 11.7 Å². The molecule has 0 saturated heterocycles. The third-order valence-electron chi connectivity index (χ3n) is 4.29. The van der Waals surface area contributed by atoms with Crippen LogP contribution in [-0.4, -0.2) is 23.7 Å². The third kappa shape index (κ3) is 4.98. The first kappa shape index (κ1) is 19.2. The largest absolute Gasteiger partial charge is 0.503 e. The van der Waals surface area contributed by atoms with Crippen molar-refractivity contribution in [2.45, 2.75) is 18.1 Å². The Morgan fingerprint density at radius 1 is 1.30 bits per heavy atom. The van der Waals surface area contributed by atoms with Gasteiger partial charge in [-0.15, -0.1) is 11.8 Å². The van der Waals surface area contributed by atoms with Crippen LogP contribution in [-0.2, 0) is 9.53 Å². The molecule has 1 N–H and O–H groups in total. The van der Waals surface area contributed by atoms with Gasteiger partial charge in [0.25, 0.3) is 0 Å². The van der Waals surface area contributed by atoms with Crippen molar-refractivity contribution in [3.63, 3.8) is 0 Å². The molecule has 1 atom stereocenters. The second-order valence-corrected chi connectivity index (χ2v) is 7.26. The van der Waals surface area contributed by atoms with E-state index in [9.17, 15) is 14.3 Å². The highest BCUT2D eigenvalue weighted by Gasteiger charge is 2.34. The van der Waals surface area contributed by atoms with E-state index >= 15 is 0 Å². The van der Waals surface area contributed by atoms with Gasteiger partial charge in [0.05, 0.1) is 24.6 Å². The number of nitrogens with zero attached hydrogens (tertiary/aromatic N) is 1. The minimum Gasteiger partial charge on any atom is -0.503 e. The lowest BCUT2D eigenvalue weighted by atomic mass is 9.96. The number of halogens is 1. The predicted octanol–water partition coefficient (Wildman–Crippen LogP) is 5.44. The summed E-state index contributed by atoms with van der Waals surface area (Å²) >= 11 is 1.53. The Hall–Kier alpha value is -2.60. The zero-order chi connectivity index (χ0) is 19.2. The van der Waals surface area contributed by atoms with Crippen molar-refractivity contribution in [2.75, 3.05) is 7.11 Å². The quantitative estimate of drug-likeness (QED) is 0.284. The van der Waals surface area contributed by atoms with Gasteiger partial charge in [0.1, 0.15) is 11.4 Å². The number of aliphatic imine (C=N–C) groups is 1. The van der Waals surface area contributed by atoms with E-state index in [1.165, 1.54) is 37.3 Å². The van der Waals surface area contributed by atoms with Gasteiger partial charge in [-0.25, -0.2) is 14.2 Å². The minimum absolute atomic E-state index is 0.0816. The van der Waals surface area contributed by atoms with Gasteiger partial charge in [-0.1, -0.05) is 30.3 Å². The normalized spacial score (nSPS) is 15.7. The summed E-state index contributed by atoms with van der Waals surface area (Å²) in [6.07, 6.45) is 3.45. The molecule has 1 fully saturated rings. The number of hydrogen-bond donors (Lipinski definition) is 1. The molecule has 6 heteroatoms. The van der Waals surface area contributed by atoms with Gasteiger partial charge in [-0.3, -0.25) is 0 Å². The molecule has 27 heavy (non-hydrogen) atoms. The lowest BCUT2D eigenvalue weighted by Crippen LogP contribution is -2.07. The first-order chi connectivity index (χ1) is 13.1. The number of carbonyl (C=O) groups is 1. The van der Waals surface area contributed by atoms with Crippen molar-refractivity contribution in [3.8, 4) is 0 Å². The van der Waals surface area contributed by atoms with Crippen LogP contribution in [0.1, 0.15) is 29.2 Å². The highest BCUT2D eigenvalue weighted by atomic mass is 32.2. The molecule has 0 amide bonds. The van der Waals surface area contributed by atoms with Crippen LogP contribution < -0.4 is 0 Å². The van der Waals surface area contributed by atoms with Crippen molar-refractivity contribution in [3.05, 3.63) is 71.7 Å². The maximum absolute atomic E-state index is 13.3. The van der Waals surface area contributed by atoms with E-state index in [1.54, 1.807) is 23.7 Å². The molecule has 0 spiro atoms. The van der Waals surface area contributed by atoms with Gasteiger partial charge < -0.3 is 9.84 Å². The van der Waals surface area contributed by atoms with Gasteiger partial charge in [-0.05, 0) is 48.1 Å². The molecule has 140 valence electrons. The summed E-state index contributed by atoms with van der Waals surface area (Å²) in [4.78, 5) is 16.0. The summed E-state index contributed by atoms with van der Waals surface area (Å²) in [5.74, 6) is -0.889. The third-order valence-corrected chi connectivity index (χ3v) is 5.45. The summed E-state index contributed by atoms with van der Waals surface area (Å²) in [6, 6.07) is 13.6. The molecule has 1 saturated carbocycles. The molecule has 2 aromatic rings. The van der Waals surface area contributed by atoms with Gasteiger partial charge in [-0.2, -0.15) is 0 Å². The van der Waals surface area contributed by atoms with Crippen LogP contribution in [0.5, 0.6) is 0 Å². The molecule has 2 aromatic carbocycles. The Bertz CT molecular complexity index is 877. The average molecular weight is 385 g/mol. The Morgan fingerprint density at radius 2 is 2.07 bits per heavy atom. The summed E-state index contributed by atoms with van der Waals surface area (Å²) in [5.41, 5.74) is 3.99. The molecule has 0 bridgehead atoms. The molecule has 0 aliphatic heterocycles. The summed E-state index contributed by atoms with van der Waals surface area (Å²) in [7, 11) is 1.43. The van der Waals surface area contributed by atoms with E-state index in [0.717, 1.165) is 18.4 Å². The van der Waals surface area contributed by atoms with Crippen LogP contribution in [0.3, 0.4) is 0 Å². The highest BCUT2D eigenvalue weighted by Crippen LogP contribution is 2.50. The Morgan fingerprint density at radius 3 is 2.74 bits per heavy atom. The number of benzene rings is 2. The lowest BCUT2D eigenvalue weighted by Gasteiger charge is -2.18. The fraction of sp³-hybridized carbons (Fsp3) is 0.238. The minimum atomic E-state index is -1.03. The first-order valence-electron chi connectivity index (χ1n) is 8.59. The van der Waals surface area contributed by atoms with Gasteiger partial charge in [0.2, 0.25) is 0 Å². The molecule has 1 unspecified atom stereocenters. The van der Waals surface area contributed by atoms with Crippen molar-refractivity contribution in [1.29, 1.82) is 0 Å². The number of hydrogen-bond acceptors (Lipinski definition) is 4. The molecule has 4 nitrogen and oxygen atoms in total. The van der Waals surface area contributed by atoms with Gasteiger partial charge in [0.15, 0.2) is 0 Å². The van der Waals surface area contributed by atoms with Crippen LogP contribution in [0.4, 0.5) is 10.1 Å². The molecule has 1 aliphatic rings. The molecule has 0 aromatic heterocycles. The second-order valence-electron chi connectivity index (χ2n) is 6.27. The van der Waals surface area contributed by atoms with Gasteiger partial charge >= 0.3 is 5.97 Å². The van der Waals surface area contributed by atoms with E-state index in [1.807, 2.05) is 18.2 Å². The molecular formula is C21H20FNO3S. The molecule has 0 radical (unpaired) electrons.